The van der Waals surface area contributed by atoms with E-state index in [2.05, 4.69) is 41.6 Å². The number of carbonyl (C=O) groups excluding carboxylic acids is 1. The van der Waals surface area contributed by atoms with Crippen molar-refractivity contribution in [1.29, 1.82) is 0 Å². The number of pyridine rings is 1. The first kappa shape index (κ1) is 13.6. The second kappa shape index (κ2) is 5.72. The molecule has 0 aliphatic rings. The highest BCUT2D eigenvalue weighted by atomic mass is 79.9. The molecule has 5 nitrogen and oxygen atoms in total. The highest BCUT2D eigenvalue weighted by Gasteiger charge is 2.29. The fourth-order valence-corrected chi connectivity index (χ4v) is 2.51. The summed E-state index contributed by atoms with van der Waals surface area (Å²) in [6.07, 6.45) is -0.125. The molecule has 0 saturated carbocycles. The van der Waals surface area contributed by atoms with E-state index < -0.39 is 18.2 Å². The molecule has 0 fully saturated rings. The topological polar surface area (TPSA) is 79.7 Å². The number of hydrogen-bond donors (Lipinski definition) is 2. The second-order valence-corrected chi connectivity index (χ2v) is 4.64. The van der Waals surface area contributed by atoms with Gasteiger partial charge in [-0.1, -0.05) is 0 Å². The number of methoxy groups -OCH3 is 1. The van der Waals surface area contributed by atoms with Crippen LogP contribution in [0, 0.1) is 0 Å². The van der Waals surface area contributed by atoms with Gasteiger partial charge in [-0.2, -0.15) is 0 Å². The first-order valence-corrected chi connectivity index (χ1v) is 5.80. The summed E-state index contributed by atoms with van der Waals surface area (Å²) < 4.78 is 5.31. The van der Waals surface area contributed by atoms with Gasteiger partial charge in [-0.3, -0.25) is 4.98 Å². The number of aromatic nitrogens is 1. The molecular formula is C9H9Br2NO4. The van der Waals surface area contributed by atoms with Crippen LogP contribution in [0.15, 0.2) is 21.3 Å². The van der Waals surface area contributed by atoms with E-state index in [0.717, 1.165) is 7.11 Å². The predicted molar refractivity (Wildman–Crippen MR) is 62.6 cm³/mol. The van der Waals surface area contributed by atoms with E-state index in [1.165, 1.54) is 12.4 Å². The fourth-order valence-electron chi connectivity index (χ4n) is 1.11. The highest BCUT2D eigenvalue weighted by molar-refractivity contribution is 9.11. The van der Waals surface area contributed by atoms with Gasteiger partial charge in [0, 0.05) is 26.9 Å². The number of halogens is 2. The van der Waals surface area contributed by atoms with Gasteiger partial charge in [0.25, 0.3) is 0 Å². The molecule has 2 N–H and O–H groups in total. The smallest absolute Gasteiger partial charge is 0.337 e. The van der Waals surface area contributed by atoms with E-state index in [-0.39, 0.29) is 0 Å². The summed E-state index contributed by atoms with van der Waals surface area (Å²) in [4.78, 5) is 14.9. The summed E-state index contributed by atoms with van der Waals surface area (Å²) >= 11 is 6.34. The van der Waals surface area contributed by atoms with Crippen LogP contribution in [0.3, 0.4) is 0 Å². The van der Waals surface area contributed by atoms with E-state index >= 15 is 0 Å². The molecular weight excluding hydrogens is 346 g/mol. The minimum Gasteiger partial charge on any atom is -0.467 e. The molecule has 1 heterocycles. The van der Waals surface area contributed by atoms with Gasteiger partial charge in [0.15, 0.2) is 6.10 Å². The molecule has 0 bridgehead atoms. The van der Waals surface area contributed by atoms with Crippen molar-refractivity contribution in [3.05, 3.63) is 26.9 Å². The lowest BCUT2D eigenvalue weighted by atomic mass is 10.1. The first-order valence-electron chi connectivity index (χ1n) is 4.22. The molecule has 0 saturated heterocycles. The molecule has 0 aliphatic carbocycles. The molecule has 1 rings (SSSR count). The van der Waals surface area contributed by atoms with Gasteiger partial charge in [-0.05, 0) is 31.9 Å². The van der Waals surface area contributed by atoms with Crippen molar-refractivity contribution in [1.82, 2.24) is 4.98 Å². The Morgan fingerprint density at radius 2 is 1.88 bits per heavy atom. The Kier molecular flexibility index (Phi) is 4.85. The van der Waals surface area contributed by atoms with Crippen molar-refractivity contribution < 1.29 is 19.7 Å². The van der Waals surface area contributed by atoms with Crippen molar-refractivity contribution in [3.63, 3.8) is 0 Å². The van der Waals surface area contributed by atoms with Gasteiger partial charge >= 0.3 is 5.97 Å². The number of aliphatic hydroxyl groups is 2. The Bertz CT molecular complexity index is 379. The Morgan fingerprint density at radius 1 is 1.38 bits per heavy atom. The van der Waals surface area contributed by atoms with Crippen molar-refractivity contribution in [2.24, 2.45) is 0 Å². The summed E-state index contributed by atoms with van der Waals surface area (Å²) in [6, 6.07) is 0. The molecule has 88 valence electrons. The lowest BCUT2D eigenvalue weighted by Crippen LogP contribution is -2.29. The summed E-state index contributed by atoms with van der Waals surface area (Å²) in [6.45, 7) is 0. The number of nitrogens with zero attached hydrogens (tertiary/aromatic N) is 1. The van der Waals surface area contributed by atoms with Crippen molar-refractivity contribution in [2.75, 3.05) is 7.11 Å². The average molecular weight is 355 g/mol. The minimum atomic E-state index is -1.64. The number of rotatable bonds is 3. The largest absolute Gasteiger partial charge is 0.467 e. The molecule has 16 heavy (non-hydrogen) atoms. The lowest BCUT2D eigenvalue weighted by Gasteiger charge is -2.18. The number of aliphatic hydroxyl groups excluding tert-OH is 2. The fraction of sp³-hybridized carbons (Fsp3) is 0.333. The van der Waals surface area contributed by atoms with Crippen molar-refractivity contribution >= 4 is 37.8 Å². The third kappa shape index (κ3) is 2.79. The quantitative estimate of drug-likeness (QED) is 0.796. The normalized spacial score (nSPS) is 14.3. The van der Waals surface area contributed by atoms with Gasteiger partial charge in [0.05, 0.1) is 7.11 Å². The van der Waals surface area contributed by atoms with Gasteiger partial charge in [-0.25, -0.2) is 4.79 Å². The zero-order chi connectivity index (χ0) is 12.3. The molecule has 2 unspecified atom stereocenters. The van der Waals surface area contributed by atoms with Crippen molar-refractivity contribution in [3.8, 4) is 0 Å². The monoisotopic (exact) mass is 353 g/mol. The van der Waals surface area contributed by atoms with Gasteiger partial charge in [0.2, 0.25) is 0 Å². The average Bonchev–Trinajstić information content (AvgIpc) is 2.26. The van der Waals surface area contributed by atoms with E-state index in [1.54, 1.807) is 0 Å². The molecule has 2 atom stereocenters. The van der Waals surface area contributed by atoms with E-state index in [1.807, 2.05) is 0 Å². The number of esters is 1. The van der Waals surface area contributed by atoms with Crippen LogP contribution in [0.4, 0.5) is 0 Å². The molecule has 1 aromatic heterocycles. The van der Waals surface area contributed by atoms with Crippen LogP contribution in [0.25, 0.3) is 0 Å². The van der Waals surface area contributed by atoms with E-state index in [0.29, 0.717) is 14.5 Å². The lowest BCUT2D eigenvalue weighted by molar-refractivity contribution is -0.156. The van der Waals surface area contributed by atoms with Crippen LogP contribution in [-0.4, -0.2) is 34.4 Å². The van der Waals surface area contributed by atoms with Crippen LogP contribution in [0.2, 0.25) is 0 Å². The highest BCUT2D eigenvalue weighted by Crippen LogP contribution is 2.31. The molecule has 0 amide bonds. The number of hydrogen-bond acceptors (Lipinski definition) is 5. The maximum absolute atomic E-state index is 11.1. The molecule has 0 spiro atoms. The number of carbonyl (C=O) groups is 1. The minimum absolute atomic E-state index is 0.341. The standard InChI is InChI=1S/C9H9Br2NO4/c1-16-9(15)8(14)7(13)6-4(10)2-12-3-5(6)11/h2-3,7-8,13-14H,1H3. The Morgan fingerprint density at radius 3 is 2.31 bits per heavy atom. The maximum Gasteiger partial charge on any atom is 0.337 e. The Hall–Kier alpha value is -0.500. The molecule has 0 aromatic carbocycles. The SMILES string of the molecule is COC(=O)C(O)C(O)c1c(Br)cncc1Br. The van der Waals surface area contributed by atoms with Crippen LogP contribution >= 0.6 is 31.9 Å². The zero-order valence-electron chi connectivity index (χ0n) is 8.22. The number of ether oxygens (including phenoxy) is 1. The van der Waals surface area contributed by atoms with E-state index in [9.17, 15) is 15.0 Å². The molecule has 7 heteroatoms. The third-order valence-electron chi connectivity index (χ3n) is 1.93. The van der Waals surface area contributed by atoms with E-state index in [4.69, 9.17) is 0 Å². The van der Waals surface area contributed by atoms with Crippen LogP contribution < -0.4 is 0 Å². The Labute approximate surface area is 109 Å². The van der Waals surface area contributed by atoms with Gasteiger partial charge in [-0.15, -0.1) is 0 Å². The molecule has 0 aliphatic heterocycles. The van der Waals surface area contributed by atoms with Crippen LogP contribution in [0.1, 0.15) is 11.7 Å². The summed E-state index contributed by atoms with van der Waals surface area (Å²) in [5.41, 5.74) is 0.341. The second-order valence-electron chi connectivity index (χ2n) is 2.93. The Balaban J connectivity index is 3.04. The maximum atomic E-state index is 11.1. The molecule has 0 radical (unpaired) electrons. The zero-order valence-corrected chi connectivity index (χ0v) is 11.4. The van der Waals surface area contributed by atoms with Crippen molar-refractivity contribution in [2.45, 2.75) is 12.2 Å². The third-order valence-corrected chi connectivity index (χ3v) is 3.19. The first-order chi connectivity index (χ1) is 7.49. The predicted octanol–water partition coefficient (Wildman–Crippen LogP) is 1.17. The summed E-state index contributed by atoms with van der Waals surface area (Å²) in [7, 11) is 1.13. The summed E-state index contributed by atoms with van der Waals surface area (Å²) in [5, 5.41) is 19.3. The van der Waals surface area contributed by atoms with Gasteiger partial charge in [0.1, 0.15) is 6.10 Å². The molecule has 1 aromatic rings. The summed E-state index contributed by atoms with van der Waals surface area (Å²) in [5.74, 6) is -0.900. The van der Waals surface area contributed by atoms with Gasteiger partial charge < -0.3 is 14.9 Å². The van der Waals surface area contributed by atoms with Crippen LogP contribution in [0.5, 0.6) is 0 Å². The van der Waals surface area contributed by atoms with Crippen LogP contribution in [-0.2, 0) is 9.53 Å².